The van der Waals surface area contributed by atoms with Gasteiger partial charge in [-0.3, -0.25) is 9.80 Å². The van der Waals surface area contributed by atoms with Crippen LogP contribution in [0.25, 0.3) is 0 Å². The van der Waals surface area contributed by atoms with E-state index >= 15 is 0 Å². The van der Waals surface area contributed by atoms with E-state index in [4.69, 9.17) is 4.74 Å². The van der Waals surface area contributed by atoms with Gasteiger partial charge in [-0.25, -0.2) is 9.67 Å². The maximum absolute atomic E-state index is 10.4. The molecule has 0 bridgehead atoms. The lowest BCUT2D eigenvalue weighted by atomic mass is 10.2. The number of aryl methyl sites for hydroxylation is 2. The van der Waals surface area contributed by atoms with E-state index in [1.54, 1.807) is 0 Å². The molecule has 2 saturated heterocycles. The van der Waals surface area contributed by atoms with Gasteiger partial charge in [0.2, 0.25) is 0 Å². The molecule has 0 saturated carbocycles. The van der Waals surface area contributed by atoms with Crippen molar-refractivity contribution in [3.63, 3.8) is 0 Å². The van der Waals surface area contributed by atoms with Crippen molar-refractivity contribution in [2.24, 2.45) is 0 Å². The first-order valence-electron chi connectivity index (χ1n) is 8.72. The van der Waals surface area contributed by atoms with Crippen LogP contribution in [0.1, 0.15) is 24.5 Å². The zero-order valence-corrected chi connectivity index (χ0v) is 14.3. The van der Waals surface area contributed by atoms with Crippen molar-refractivity contribution >= 4 is 0 Å². The fraction of sp³-hybridized carbons (Fsp3) is 0.875. The summed E-state index contributed by atoms with van der Waals surface area (Å²) in [4.78, 5) is 9.10. The zero-order valence-electron chi connectivity index (χ0n) is 14.3. The predicted octanol–water partition coefficient (Wildman–Crippen LogP) is 0.0524. The van der Waals surface area contributed by atoms with Crippen molar-refractivity contribution in [3.05, 3.63) is 11.6 Å². The summed E-state index contributed by atoms with van der Waals surface area (Å²) in [5.41, 5.74) is 0. The molecule has 2 aliphatic heterocycles. The van der Waals surface area contributed by atoms with Crippen LogP contribution in [0.5, 0.6) is 0 Å². The number of ether oxygens (including phenoxy) is 1. The molecule has 3 heterocycles. The van der Waals surface area contributed by atoms with E-state index in [-0.39, 0.29) is 6.10 Å². The predicted molar refractivity (Wildman–Crippen MR) is 87.4 cm³/mol. The molecular formula is C16H29N5O2. The molecular weight excluding hydrogens is 294 g/mol. The van der Waals surface area contributed by atoms with E-state index in [2.05, 4.69) is 19.9 Å². The van der Waals surface area contributed by atoms with Crippen molar-refractivity contribution in [2.45, 2.75) is 45.4 Å². The Morgan fingerprint density at radius 3 is 2.70 bits per heavy atom. The van der Waals surface area contributed by atoms with Crippen LogP contribution in [0, 0.1) is 13.8 Å². The number of likely N-dealkylation sites (tertiary alicyclic amines) is 1. The summed E-state index contributed by atoms with van der Waals surface area (Å²) in [7, 11) is 0. The van der Waals surface area contributed by atoms with Crippen LogP contribution in [0.3, 0.4) is 0 Å². The third-order valence-corrected chi connectivity index (χ3v) is 4.86. The molecule has 0 aromatic carbocycles. The lowest BCUT2D eigenvalue weighted by molar-refractivity contribution is 0.00529. The van der Waals surface area contributed by atoms with Gasteiger partial charge in [0, 0.05) is 32.2 Å². The number of β-amino-alcohol motifs (C(OH)–C–C–N with tert-alkyl or cyclic N) is 1. The molecule has 0 radical (unpaired) electrons. The molecule has 1 aromatic heterocycles. The van der Waals surface area contributed by atoms with Crippen LogP contribution in [0.4, 0.5) is 0 Å². The standard InChI is InChI=1S/C16H29N5O2/c1-13-17-14(2)21(18-13)10-15-4-3-5-20(15)12-16(22)11-19-6-8-23-9-7-19/h15-16,22H,3-12H2,1-2H3/t15-,16+/m0/s1. The van der Waals surface area contributed by atoms with E-state index in [0.717, 1.165) is 64.1 Å². The van der Waals surface area contributed by atoms with Crippen LogP contribution in [-0.2, 0) is 11.3 Å². The summed E-state index contributed by atoms with van der Waals surface area (Å²) in [5, 5.41) is 14.9. The number of hydrogen-bond donors (Lipinski definition) is 1. The van der Waals surface area contributed by atoms with E-state index in [1.807, 2.05) is 18.5 Å². The maximum Gasteiger partial charge on any atom is 0.147 e. The van der Waals surface area contributed by atoms with Gasteiger partial charge in [-0.2, -0.15) is 5.10 Å². The fourth-order valence-corrected chi connectivity index (χ4v) is 3.69. The van der Waals surface area contributed by atoms with Crippen molar-refractivity contribution in [1.29, 1.82) is 0 Å². The molecule has 2 fully saturated rings. The average Bonchev–Trinajstić information content (AvgIpc) is 3.07. The van der Waals surface area contributed by atoms with Crippen LogP contribution in [0.2, 0.25) is 0 Å². The molecule has 1 N–H and O–H groups in total. The summed E-state index contributed by atoms with van der Waals surface area (Å²) in [6.07, 6.45) is 2.07. The highest BCUT2D eigenvalue weighted by Crippen LogP contribution is 2.19. The lowest BCUT2D eigenvalue weighted by Crippen LogP contribution is -2.46. The quantitative estimate of drug-likeness (QED) is 0.798. The Kier molecular flexibility index (Phi) is 5.63. The van der Waals surface area contributed by atoms with Crippen LogP contribution >= 0.6 is 0 Å². The topological polar surface area (TPSA) is 66.7 Å². The lowest BCUT2D eigenvalue weighted by Gasteiger charge is -2.31. The van der Waals surface area contributed by atoms with Crippen molar-refractivity contribution in [1.82, 2.24) is 24.6 Å². The number of aliphatic hydroxyl groups excluding tert-OH is 1. The molecule has 7 heteroatoms. The summed E-state index contributed by atoms with van der Waals surface area (Å²) in [6.45, 7) is 10.8. The second-order valence-corrected chi connectivity index (χ2v) is 6.75. The third kappa shape index (κ3) is 4.50. The molecule has 0 aliphatic carbocycles. The van der Waals surface area contributed by atoms with Crippen molar-refractivity contribution < 1.29 is 9.84 Å². The second kappa shape index (κ2) is 7.70. The third-order valence-electron chi connectivity index (χ3n) is 4.86. The average molecular weight is 323 g/mol. The van der Waals surface area contributed by atoms with Crippen molar-refractivity contribution in [2.75, 3.05) is 45.9 Å². The Morgan fingerprint density at radius 2 is 2.00 bits per heavy atom. The minimum Gasteiger partial charge on any atom is -0.390 e. The summed E-state index contributed by atoms with van der Waals surface area (Å²) in [5.74, 6) is 1.81. The number of aliphatic hydroxyl groups is 1. The van der Waals surface area contributed by atoms with E-state index < -0.39 is 0 Å². The molecule has 130 valence electrons. The van der Waals surface area contributed by atoms with Gasteiger partial charge in [0.1, 0.15) is 11.6 Å². The van der Waals surface area contributed by atoms with Gasteiger partial charge in [0.05, 0.1) is 25.9 Å². The van der Waals surface area contributed by atoms with Gasteiger partial charge < -0.3 is 9.84 Å². The minimum absolute atomic E-state index is 0.299. The van der Waals surface area contributed by atoms with Gasteiger partial charge in [-0.1, -0.05) is 0 Å². The maximum atomic E-state index is 10.4. The first-order chi connectivity index (χ1) is 11.1. The second-order valence-electron chi connectivity index (χ2n) is 6.75. The van der Waals surface area contributed by atoms with E-state index in [0.29, 0.717) is 6.04 Å². The summed E-state index contributed by atoms with van der Waals surface area (Å²) in [6, 6.07) is 0.453. The minimum atomic E-state index is -0.299. The monoisotopic (exact) mass is 323 g/mol. The molecule has 0 spiro atoms. The van der Waals surface area contributed by atoms with Crippen LogP contribution < -0.4 is 0 Å². The van der Waals surface area contributed by atoms with Gasteiger partial charge in [-0.05, 0) is 33.2 Å². The number of aromatic nitrogens is 3. The molecule has 2 aliphatic rings. The van der Waals surface area contributed by atoms with Gasteiger partial charge in [-0.15, -0.1) is 0 Å². The molecule has 7 nitrogen and oxygen atoms in total. The Bertz CT molecular complexity index is 501. The zero-order chi connectivity index (χ0) is 16.2. The molecule has 3 rings (SSSR count). The summed E-state index contributed by atoms with van der Waals surface area (Å²) >= 11 is 0. The van der Waals surface area contributed by atoms with Gasteiger partial charge >= 0.3 is 0 Å². The number of rotatable bonds is 6. The Hall–Kier alpha value is -1.02. The Labute approximate surface area is 138 Å². The molecule has 0 amide bonds. The van der Waals surface area contributed by atoms with Crippen LogP contribution in [0.15, 0.2) is 0 Å². The van der Waals surface area contributed by atoms with Crippen molar-refractivity contribution in [3.8, 4) is 0 Å². The Morgan fingerprint density at radius 1 is 1.22 bits per heavy atom. The molecule has 23 heavy (non-hydrogen) atoms. The first kappa shape index (κ1) is 16.8. The van der Waals surface area contributed by atoms with Gasteiger partial charge in [0.15, 0.2) is 0 Å². The highest BCUT2D eigenvalue weighted by molar-refractivity contribution is 4.90. The Balaban J connectivity index is 1.51. The highest BCUT2D eigenvalue weighted by atomic mass is 16.5. The summed E-state index contributed by atoms with van der Waals surface area (Å²) < 4.78 is 7.37. The molecule has 2 atom stereocenters. The fourth-order valence-electron chi connectivity index (χ4n) is 3.69. The largest absolute Gasteiger partial charge is 0.390 e. The van der Waals surface area contributed by atoms with Gasteiger partial charge in [0.25, 0.3) is 0 Å². The molecule has 1 aromatic rings. The SMILES string of the molecule is Cc1nc(C)n(C[C@@H]2CCCN2C[C@H](O)CN2CCOCC2)n1. The van der Waals surface area contributed by atoms with E-state index in [9.17, 15) is 5.11 Å². The first-order valence-corrected chi connectivity index (χ1v) is 8.72. The highest BCUT2D eigenvalue weighted by Gasteiger charge is 2.28. The number of morpholine rings is 1. The number of hydrogen-bond acceptors (Lipinski definition) is 6. The normalized spacial score (nSPS) is 25.1. The van der Waals surface area contributed by atoms with Crippen LogP contribution in [-0.4, -0.2) is 87.8 Å². The smallest absolute Gasteiger partial charge is 0.147 e. The van der Waals surface area contributed by atoms with E-state index in [1.165, 1.54) is 12.8 Å². The number of nitrogens with zero attached hydrogens (tertiary/aromatic N) is 5. The molecule has 0 unspecified atom stereocenters.